The van der Waals surface area contributed by atoms with Gasteiger partial charge >= 0.3 is 5.92 Å². The highest BCUT2D eigenvalue weighted by molar-refractivity contribution is 7.81. The number of aryl methyl sites for hydroxylation is 1. The Morgan fingerprint density at radius 2 is 1.92 bits per heavy atom. The van der Waals surface area contributed by atoms with Gasteiger partial charge in [-0.2, -0.15) is 13.8 Å². The fourth-order valence-electron chi connectivity index (χ4n) is 4.09. The van der Waals surface area contributed by atoms with Crippen molar-refractivity contribution in [2.24, 2.45) is 0 Å². The van der Waals surface area contributed by atoms with Crippen molar-refractivity contribution in [3.05, 3.63) is 59.0 Å². The van der Waals surface area contributed by atoms with Gasteiger partial charge in [0.15, 0.2) is 16.6 Å². The predicted molar refractivity (Wildman–Crippen MR) is 136 cm³/mol. The number of aromatic nitrogens is 2. The molecule has 1 aromatic heterocycles. The number of aliphatic hydroxyl groups is 1. The molecule has 0 aliphatic carbocycles. The number of hydrogen-bond acceptors (Lipinski definition) is 6. The number of carbonyl (C=O) groups excluding carboxylic acids is 1. The summed E-state index contributed by atoms with van der Waals surface area (Å²) in [6.45, 7) is 12.1. The first-order chi connectivity index (χ1) is 17.3. The van der Waals surface area contributed by atoms with E-state index in [1.165, 1.54) is 15.9 Å². The van der Waals surface area contributed by atoms with Crippen molar-refractivity contribution in [3.8, 4) is 5.88 Å². The molecule has 2 heterocycles. The molecule has 0 spiro atoms. The fraction of sp³-hybridized carbons (Fsp3) is 0.320. The number of nitrogens with zero attached hydrogens (tertiary/aromatic N) is 5. The van der Waals surface area contributed by atoms with E-state index in [1.54, 1.807) is 39.0 Å². The molecule has 1 fully saturated rings. The average Bonchev–Trinajstić information content (AvgIpc) is 3.00. The van der Waals surface area contributed by atoms with Crippen LogP contribution in [0.5, 0.6) is 5.88 Å². The second kappa shape index (κ2) is 9.24. The van der Waals surface area contributed by atoms with Gasteiger partial charge in [0, 0.05) is 18.3 Å². The Morgan fingerprint density at radius 3 is 2.51 bits per heavy atom. The van der Waals surface area contributed by atoms with E-state index in [4.69, 9.17) is 28.6 Å². The van der Waals surface area contributed by atoms with Gasteiger partial charge in [0.05, 0.1) is 18.6 Å². The number of thiocarbonyl (C=S) groups is 1. The maximum Gasteiger partial charge on any atom is 0.303 e. The first-order valence-corrected chi connectivity index (χ1v) is 11.5. The molecule has 8 nitrogen and oxygen atoms in total. The molecular weight excluding hydrogens is 507 g/mol. The highest BCUT2D eigenvalue weighted by Gasteiger charge is 2.50. The summed E-state index contributed by atoms with van der Waals surface area (Å²) in [6.07, 6.45) is 0. The molecule has 192 valence electrons. The Morgan fingerprint density at radius 1 is 1.22 bits per heavy atom. The minimum absolute atomic E-state index is 0.0294. The second-order valence-electron chi connectivity index (χ2n) is 9.04. The Labute approximate surface area is 216 Å². The summed E-state index contributed by atoms with van der Waals surface area (Å²) in [7, 11) is 0. The predicted octanol–water partition coefficient (Wildman–Crippen LogP) is 5.03. The number of halogens is 3. The SMILES string of the molecule is [C-]#[N+]c1ccc(N2C(=O)C(C)(C)N(c3cc(F)c4nc(C(C)(F)F)nc(OCCO)c4c3)C2=S)cc1C. The van der Waals surface area contributed by atoms with E-state index in [1.807, 2.05) is 0 Å². The highest BCUT2D eigenvalue weighted by atomic mass is 32.1. The van der Waals surface area contributed by atoms with Crippen LogP contribution in [0.15, 0.2) is 30.3 Å². The summed E-state index contributed by atoms with van der Waals surface area (Å²) < 4.78 is 48.7. The van der Waals surface area contributed by atoms with Crippen molar-refractivity contribution in [1.82, 2.24) is 9.97 Å². The van der Waals surface area contributed by atoms with Crippen molar-refractivity contribution in [2.45, 2.75) is 39.2 Å². The van der Waals surface area contributed by atoms with E-state index in [9.17, 15) is 13.6 Å². The number of aliphatic hydroxyl groups excluding tert-OH is 1. The topological polar surface area (TPSA) is 83.2 Å². The summed E-state index contributed by atoms with van der Waals surface area (Å²) in [5, 5.41) is 9.18. The average molecular weight is 530 g/mol. The number of rotatable bonds is 6. The van der Waals surface area contributed by atoms with E-state index in [0.717, 1.165) is 6.07 Å². The van der Waals surface area contributed by atoms with Crippen LogP contribution < -0.4 is 14.5 Å². The van der Waals surface area contributed by atoms with Crippen molar-refractivity contribution >= 4 is 51.2 Å². The van der Waals surface area contributed by atoms with Crippen LogP contribution in [0.3, 0.4) is 0 Å². The third-order valence-electron chi connectivity index (χ3n) is 5.91. The van der Waals surface area contributed by atoms with Gasteiger partial charge in [-0.25, -0.2) is 14.2 Å². The lowest BCUT2D eigenvalue weighted by Crippen LogP contribution is -2.44. The summed E-state index contributed by atoms with van der Waals surface area (Å²) in [6, 6.07) is 7.31. The van der Waals surface area contributed by atoms with E-state index in [2.05, 4.69) is 14.8 Å². The van der Waals surface area contributed by atoms with Crippen LogP contribution in [-0.2, 0) is 10.7 Å². The molecule has 0 radical (unpaired) electrons. The highest BCUT2D eigenvalue weighted by Crippen LogP contribution is 2.40. The Bertz CT molecular complexity index is 1480. The summed E-state index contributed by atoms with van der Waals surface area (Å²) in [4.78, 5) is 27.1. The molecule has 1 aliphatic rings. The zero-order valence-corrected chi connectivity index (χ0v) is 21.2. The number of amides is 1. The van der Waals surface area contributed by atoms with Crippen LogP contribution in [-0.4, -0.2) is 44.8 Å². The summed E-state index contributed by atoms with van der Waals surface area (Å²) in [5.41, 5.74) is 0.0247. The quantitative estimate of drug-likeness (QED) is 0.354. The lowest BCUT2D eigenvalue weighted by atomic mass is 10.0. The molecule has 37 heavy (non-hydrogen) atoms. The lowest BCUT2D eigenvalue weighted by molar-refractivity contribution is -0.120. The van der Waals surface area contributed by atoms with Crippen molar-refractivity contribution in [1.29, 1.82) is 0 Å². The van der Waals surface area contributed by atoms with E-state index in [-0.39, 0.29) is 34.6 Å². The van der Waals surface area contributed by atoms with Crippen LogP contribution in [0, 0.1) is 19.3 Å². The minimum Gasteiger partial charge on any atom is -0.475 e. The van der Waals surface area contributed by atoms with Gasteiger partial charge in [-0.05, 0) is 62.8 Å². The van der Waals surface area contributed by atoms with Gasteiger partial charge in [0.25, 0.3) is 5.91 Å². The molecule has 0 bridgehead atoms. The van der Waals surface area contributed by atoms with Crippen LogP contribution in [0.2, 0.25) is 0 Å². The standard InChI is InChI=1S/C25H22F3N5O3S/c1-13-10-14(6-7-18(13)29-5)32-22(35)24(2,3)33(23(32)37)15-11-16-19(17(26)12-15)30-21(25(4,27)28)31-20(16)36-9-8-34/h6-7,10-12,34H,8-9H2,1-4H3. The Balaban J connectivity index is 1.87. The molecule has 1 aliphatic heterocycles. The molecule has 4 rings (SSSR count). The monoisotopic (exact) mass is 529 g/mol. The van der Waals surface area contributed by atoms with Crippen molar-refractivity contribution in [2.75, 3.05) is 23.0 Å². The van der Waals surface area contributed by atoms with Gasteiger partial charge in [0.1, 0.15) is 17.7 Å². The van der Waals surface area contributed by atoms with Crippen molar-refractivity contribution in [3.63, 3.8) is 0 Å². The number of benzene rings is 2. The third-order valence-corrected chi connectivity index (χ3v) is 6.28. The summed E-state index contributed by atoms with van der Waals surface area (Å²) >= 11 is 5.65. The van der Waals surface area contributed by atoms with Gasteiger partial charge < -0.3 is 14.7 Å². The normalized spacial score (nSPS) is 15.4. The Kier molecular flexibility index (Phi) is 6.56. The number of carbonyl (C=O) groups is 1. The van der Waals surface area contributed by atoms with Crippen LogP contribution in [0.1, 0.15) is 32.2 Å². The molecule has 0 saturated carbocycles. The van der Waals surface area contributed by atoms with E-state index >= 15 is 4.39 Å². The maximum atomic E-state index is 15.4. The third kappa shape index (κ3) is 4.45. The number of ether oxygens (including phenoxy) is 1. The van der Waals surface area contributed by atoms with Gasteiger partial charge in [-0.1, -0.05) is 6.07 Å². The van der Waals surface area contributed by atoms with Gasteiger partial charge in [-0.15, -0.1) is 0 Å². The van der Waals surface area contributed by atoms with Crippen molar-refractivity contribution < 1.29 is 27.8 Å². The zero-order chi connectivity index (χ0) is 27.3. The largest absolute Gasteiger partial charge is 0.475 e. The molecular formula is C25H22F3N5O3S. The lowest BCUT2D eigenvalue weighted by Gasteiger charge is -2.29. The first-order valence-electron chi connectivity index (χ1n) is 11.1. The number of anilines is 2. The van der Waals surface area contributed by atoms with E-state index < -0.39 is 35.2 Å². The van der Waals surface area contributed by atoms with Crippen LogP contribution in [0.25, 0.3) is 15.7 Å². The van der Waals surface area contributed by atoms with E-state index in [0.29, 0.717) is 23.9 Å². The van der Waals surface area contributed by atoms with Crippen LogP contribution in [0.4, 0.5) is 30.2 Å². The zero-order valence-electron chi connectivity index (χ0n) is 20.3. The molecule has 3 aromatic rings. The molecule has 1 saturated heterocycles. The van der Waals surface area contributed by atoms with Gasteiger partial charge in [0.2, 0.25) is 11.7 Å². The number of fused-ring (bicyclic) bond motifs is 1. The van der Waals surface area contributed by atoms with Crippen LogP contribution >= 0.6 is 12.2 Å². The number of alkyl halides is 2. The van der Waals surface area contributed by atoms with Gasteiger partial charge in [-0.3, -0.25) is 9.69 Å². The molecule has 1 N–H and O–H groups in total. The molecule has 2 aromatic carbocycles. The fourth-order valence-corrected chi connectivity index (χ4v) is 4.61. The molecule has 12 heteroatoms. The Hall–Kier alpha value is -3.82. The maximum absolute atomic E-state index is 15.4. The molecule has 0 atom stereocenters. The molecule has 1 amide bonds. The second-order valence-corrected chi connectivity index (χ2v) is 9.40. The first kappa shape index (κ1) is 26.2. The summed E-state index contributed by atoms with van der Waals surface area (Å²) in [5.74, 6) is -6.08. The smallest absolute Gasteiger partial charge is 0.303 e. The molecule has 0 unspecified atom stereocenters. The number of hydrogen-bond donors (Lipinski definition) is 1. The minimum atomic E-state index is -3.47.